The summed E-state index contributed by atoms with van der Waals surface area (Å²) in [6.45, 7) is 7.36. The zero-order valence-corrected chi connectivity index (χ0v) is 19.6. The van der Waals surface area contributed by atoms with E-state index >= 15 is 0 Å². The van der Waals surface area contributed by atoms with Crippen LogP contribution in [0.2, 0.25) is 0 Å². The molecule has 2 heteroatoms. The first-order valence-electron chi connectivity index (χ1n) is 12.2. The quantitative estimate of drug-likeness (QED) is 0.217. The minimum absolute atomic E-state index is 0.0821. The fourth-order valence-corrected chi connectivity index (χ4v) is 4.30. The van der Waals surface area contributed by atoms with Crippen molar-refractivity contribution in [1.82, 2.24) is 0 Å². The van der Waals surface area contributed by atoms with E-state index in [1.807, 2.05) is 42.5 Å². The van der Waals surface area contributed by atoms with E-state index in [1.54, 1.807) is 0 Å². The van der Waals surface area contributed by atoms with Crippen LogP contribution in [0, 0.1) is 5.41 Å². The average molecular weight is 411 g/mol. The van der Waals surface area contributed by atoms with Gasteiger partial charge in [-0.05, 0) is 29.7 Å². The largest absolute Gasteiger partial charge is 0.462 e. The molecule has 0 amide bonds. The van der Waals surface area contributed by atoms with Gasteiger partial charge >= 0.3 is 5.97 Å². The number of rotatable bonds is 15. The number of carbonyl (C=O) groups is 1. The van der Waals surface area contributed by atoms with Gasteiger partial charge in [-0.2, -0.15) is 0 Å². The molecule has 0 saturated carbocycles. The second kappa shape index (κ2) is 13.5. The van der Waals surface area contributed by atoms with E-state index < -0.39 is 0 Å². The Bertz CT molecular complexity index is 746. The number of benzene rings is 2. The number of ether oxygens (including phenoxy) is 1. The van der Waals surface area contributed by atoms with Crippen molar-refractivity contribution in [3.63, 3.8) is 0 Å². The Hall–Kier alpha value is -1.83. The molecule has 30 heavy (non-hydrogen) atoms. The second-order valence-corrected chi connectivity index (χ2v) is 9.24. The SMILES string of the molecule is CCCCCCCCC(C)(CCCCCC)COC(=O)c1cccc2ccccc12. The van der Waals surface area contributed by atoms with Crippen molar-refractivity contribution in [2.24, 2.45) is 5.41 Å². The molecule has 0 bridgehead atoms. The van der Waals surface area contributed by atoms with Crippen molar-refractivity contribution in [3.05, 3.63) is 48.0 Å². The molecule has 0 fully saturated rings. The van der Waals surface area contributed by atoms with Gasteiger partial charge in [-0.25, -0.2) is 4.79 Å². The van der Waals surface area contributed by atoms with E-state index in [0.717, 1.165) is 23.6 Å². The third-order valence-corrected chi connectivity index (χ3v) is 6.33. The number of hydrogen-bond acceptors (Lipinski definition) is 2. The Morgan fingerprint density at radius 2 is 1.33 bits per heavy atom. The average Bonchev–Trinajstić information content (AvgIpc) is 2.77. The summed E-state index contributed by atoms with van der Waals surface area (Å²) in [6.07, 6.45) is 15.2. The maximum Gasteiger partial charge on any atom is 0.338 e. The van der Waals surface area contributed by atoms with Crippen LogP contribution in [0.25, 0.3) is 10.8 Å². The summed E-state index contributed by atoms with van der Waals surface area (Å²) >= 11 is 0. The lowest BCUT2D eigenvalue weighted by molar-refractivity contribution is 0.0266. The molecule has 0 radical (unpaired) electrons. The Morgan fingerprint density at radius 3 is 2.03 bits per heavy atom. The van der Waals surface area contributed by atoms with Crippen LogP contribution in [0.1, 0.15) is 108 Å². The fraction of sp³-hybridized carbons (Fsp3) is 0.607. The minimum atomic E-state index is -0.186. The van der Waals surface area contributed by atoms with Crippen LogP contribution in [-0.2, 0) is 4.74 Å². The van der Waals surface area contributed by atoms with E-state index in [9.17, 15) is 4.79 Å². The van der Waals surface area contributed by atoms with E-state index in [4.69, 9.17) is 4.74 Å². The summed E-state index contributed by atoms with van der Waals surface area (Å²) < 4.78 is 5.92. The maximum absolute atomic E-state index is 12.9. The summed E-state index contributed by atoms with van der Waals surface area (Å²) in [4.78, 5) is 12.9. The van der Waals surface area contributed by atoms with Gasteiger partial charge in [0.1, 0.15) is 0 Å². The summed E-state index contributed by atoms with van der Waals surface area (Å²) in [7, 11) is 0. The van der Waals surface area contributed by atoms with Crippen molar-refractivity contribution >= 4 is 16.7 Å². The highest BCUT2D eigenvalue weighted by Gasteiger charge is 2.26. The van der Waals surface area contributed by atoms with E-state index in [-0.39, 0.29) is 11.4 Å². The van der Waals surface area contributed by atoms with Gasteiger partial charge < -0.3 is 4.74 Å². The third-order valence-electron chi connectivity index (χ3n) is 6.33. The van der Waals surface area contributed by atoms with Crippen LogP contribution in [0.4, 0.5) is 0 Å². The molecule has 1 unspecified atom stereocenters. The molecular weight excluding hydrogens is 368 g/mol. The van der Waals surface area contributed by atoms with Gasteiger partial charge in [0.2, 0.25) is 0 Å². The highest BCUT2D eigenvalue weighted by molar-refractivity contribution is 6.04. The Balaban J connectivity index is 1.94. The molecule has 0 spiro atoms. The maximum atomic E-state index is 12.9. The molecule has 0 N–H and O–H groups in total. The lowest BCUT2D eigenvalue weighted by Gasteiger charge is -2.29. The molecule has 0 aliphatic rings. The van der Waals surface area contributed by atoms with E-state index in [0.29, 0.717) is 12.2 Å². The number of carbonyl (C=O) groups excluding carboxylic acids is 1. The Labute approximate surface area is 184 Å². The molecule has 0 aliphatic heterocycles. The predicted molar refractivity (Wildman–Crippen MR) is 129 cm³/mol. The monoisotopic (exact) mass is 410 g/mol. The van der Waals surface area contributed by atoms with Crippen LogP contribution in [-0.4, -0.2) is 12.6 Å². The van der Waals surface area contributed by atoms with Gasteiger partial charge in [0.25, 0.3) is 0 Å². The topological polar surface area (TPSA) is 26.3 Å². The van der Waals surface area contributed by atoms with Gasteiger partial charge in [0.15, 0.2) is 0 Å². The summed E-state index contributed by atoms with van der Waals surface area (Å²) in [5.41, 5.74) is 0.764. The molecule has 166 valence electrons. The van der Waals surface area contributed by atoms with Gasteiger partial charge in [-0.15, -0.1) is 0 Å². The van der Waals surface area contributed by atoms with Crippen molar-refractivity contribution in [1.29, 1.82) is 0 Å². The summed E-state index contributed by atoms with van der Waals surface area (Å²) in [6, 6.07) is 13.9. The molecule has 1 atom stereocenters. The first-order chi connectivity index (χ1) is 14.6. The Kier molecular flexibility index (Phi) is 11.0. The lowest BCUT2D eigenvalue weighted by Crippen LogP contribution is -2.25. The molecule has 0 saturated heterocycles. The van der Waals surface area contributed by atoms with E-state index in [2.05, 4.69) is 20.8 Å². The molecule has 2 aromatic rings. The smallest absolute Gasteiger partial charge is 0.338 e. The normalized spacial score (nSPS) is 13.3. The first kappa shape index (κ1) is 24.4. The highest BCUT2D eigenvalue weighted by Crippen LogP contribution is 2.32. The molecule has 2 aromatic carbocycles. The molecule has 2 rings (SSSR count). The standard InChI is InChI=1S/C28H42O2/c1-4-6-8-10-11-15-22-28(3,21-14-9-7-5-2)23-30-27(29)26-20-16-18-24-17-12-13-19-25(24)26/h12-13,16-20H,4-11,14-15,21-23H2,1-3H3. The van der Waals surface area contributed by atoms with Crippen LogP contribution in [0.3, 0.4) is 0 Å². The Morgan fingerprint density at radius 1 is 0.767 bits per heavy atom. The summed E-state index contributed by atoms with van der Waals surface area (Å²) in [5.74, 6) is -0.186. The van der Waals surface area contributed by atoms with E-state index in [1.165, 1.54) is 64.2 Å². The van der Waals surface area contributed by atoms with Gasteiger partial charge in [-0.1, -0.05) is 121 Å². The van der Waals surface area contributed by atoms with Gasteiger partial charge in [0.05, 0.1) is 12.2 Å². The number of unbranched alkanes of at least 4 members (excludes halogenated alkanes) is 8. The first-order valence-corrected chi connectivity index (χ1v) is 12.2. The van der Waals surface area contributed by atoms with Crippen molar-refractivity contribution in [3.8, 4) is 0 Å². The molecular formula is C28H42O2. The number of esters is 1. The number of hydrogen-bond donors (Lipinski definition) is 0. The lowest BCUT2D eigenvalue weighted by atomic mass is 9.80. The van der Waals surface area contributed by atoms with Crippen molar-refractivity contribution < 1.29 is 9.53 Å². The van der Waals surface area contributed by atoms with Crippen LogP contribution in [0.15, 0.2) is 42.5 Å². The van der Waals surface area contributed by atoms with Crippen LogP contribution >= 0.6 is 0 Å². The fourth-order valence-electron chi connectivity index (χ4n) is 4.30. The summed E-state index contributed by atoms with van der Waals surface area (Å²) in [5, 5.41) is 2.06. The molecule has 0 aromatic heterocycles. The van der Waals surface area contributed by atoms with Crippen LogP contribution in [0.5, 0.6) is 0 Å². The van der Waals surface area contributed by atoms with Crippen LogP contribution < -0.4 is 0 Å². The number of fused-ring (bicyclic) bond motifs is 1. The van der Waals surface area contributed by atoms with Gasteiger partial charge in [0, 0.05) is 5.41 Å². The molecule has 2 nitrogen and oxygen atoms in total. The van der Waals surface area contributed by atoms with Crippen molar-refractivity contribution in [2.75, 3.05) is 6.61 Å². The van der Waals surface area contributed by atoms with Crippen molar-refractivity contribution in [2.45, 2.75) is 97.8 Å². The molecule has 0 heterocycles. The zero-order valence-electron chi connectivity index (χ0n) is 19.6. The zero-order chi connectivity index (χ0) is 21.7. The molecule has 0 aliphatic carbocycles. The minimum Gasteiger partial charge on any atom is -0.462 e. The third kappa shape index (κ3) is 8.13. The second-order valence-electron chi connectivity index (χ2n) is 9.24. The highest BCUT2D eigenvalue weighted by atomic mass is 16.5. The predicted octanol–water partition coefficient (Wildman–Crippen LogP) is 8.72. The van der Waals surface area contributed by atoms with Gasteiger partial charge in [-0.3, -0.25) is 0 Å².